The number of benzene rings is 2. The summed E-state index contributed by atoms with van der Waals surface area (Å²) in [5.74, 6) is 1.52. The van der Waals surface area contributed by atoms with Crippen LogP contribution in [0.3, 0.4) is 0 Å². The summed E-state index contributed by atoms with van der Waals surface area (Å²) in [6, 6.07) is 14.5. The van der Waals surface area contributed by atoms with Gasteiger partial charge in [-0.25, -0.2) is 0 Å². The third-order valence-corrected chi connectivity index (χ3v) is 4.87. The number of halogens is 1. The second-order valence-corrected chi connectivity index (χ2v) is 6.65. The number of ether oxygens (including phenoxy) is 1. The van der Waals surface area contributed by atoms with Crippen LogP contribution in [0.2, 0.25) is 0 Å². The van der Waals surface area contributed by atoms with Crippen LogP contribution in [-0.4, -0.2) is 16.9 Å². The molecule has 3 nitrogen and oxygen atoms in total. The van der Waals surface area contributed by atoms with Gasteiger partial charge in [0.15, 0.2) is 0 Å². The van der Waals surface area contributed by atoms with Crippen molar-refractivity contribution in [2.75, 3.05) is 7.11 Å². The van der Waals surface area contributed by atoms with E-state index in [1.165, 1.54) is 35.0 Å². The molecule has 1 fully saturated rings. The Morgan fingerprint density at radius 2 is 1.95 bits per heavy atom. The largest absolute Gasteiger partial charge is 0.497 e. The lowest BCUT2D eigenvalue weighted by Crippen LogP contribution is -2.02. The van der Waals surface area contributed by atoms with Crippen LogP contribution in [0, 0.1) is 0 Å². The van der Waals surface area contributed by atoms with E-state index in [2.05, 4.69) is 50.9 Å². The average molecular weight is 357 g/mol. The minimum absolute atomic E-state index is 0.637. The first-order valence-electron chi connectivity index (χ1n) is 7.54. The first kappa shape index (κ1) is 13.8. The normalized spacial score (nSPS) is 14.5. The number of hydrogen-bond donors (Lipinski definition) is 0. The molecule has 0 radical (unpaired) electrons. The minimum atomic E-state index is 0.637. The quantitative estimate of drug-likeness (QED) is 0.675. The first-order chi connectivity index (χ1) is 10.8. The standard InChI is InChI=1S/C18H17BrN2O/c1-22-14-9-5-12(6-10-14)11-21-16-4-2-3-15(19)17(16)18(20-21)13-7-8-13/h2-6,9-10,13H,7-8,11H2,1H3. The molecule has 0 atom stereocenters. The van der Waals surface area contributed by atoms with Crippen molar-refractivity contribution in [3.63, 3.8) is 0 Å². The maximum Gasteiger partial charge on any atom is 0.118 e. The van der Waals surface area contributed by atoms with Crippen LogP contribution in [0.1, 0.15) is 30.0 Å². The van der Waals surface area contributed by atoms with Crippen molar-refractivity contribution in [2.24, 2.45) is 0 Å². The molecule has 1 saturated carbocycles. The van der Waals surface area contributed by atoms with Gasteiger partial charge < -0.3 is 4.74 Å². The van der Waals surface area contributed by atoms with Crippen LogP contribution in [-0.2, 0) is 6.54 Å². The molecule has 4 heteroatoms. The highest BCUT2D eigenvalue weighted by Gasteiger charge is 2.29. The van der Waals surface area contributed by atoms with Crippen molar-refractivity contribution in [2.45, 2.75) is 25.3 Å². The fourth-order valence-electron chi connectivity index (χ4n) is 2.88. The molecule has 22 heavy (non-hydrogen) atoms. The van der Waals surface area contributed by atoms with Crippen LogP contribution in [0.15, 0.2) is 46.9 Å². The fraction of sp³-hybridized carbons (Fsp3) is 0.278. The lowest BCUT2D eigenvalue weighted by molar-refractivity contribution is 0.414. The van der Waals surface area contributed by atoms with E-state index in [-0.39, 0.29) is 0 Å². The second kappa shape index (κ2) is 5.43. The molecule has 1 aromatic heterocycles. The highest BCUT2D eigenvalue weighted by Crippen LogP contribution is 2.44. The van der Waals surface area contributed by atoms with Crippen molar-refractivity contribution < 1.29 is 4.74 Å². The Morgan fingerprint density at radius 3 is 2.64 bits per heavy atom. The zero-order valence-electron chi connectivity index (χ0n) is 12.4. The van der Waals surface area contributed by atoms with Crippen molar-refractivity contribution >= 4 is 26.8 Å². The van der Waals surface area contributed by atoms with E-state index in [1.807, 2.05) is 12.1 Å². The van der Waals surface area contributed by atoms with Gasteiger partial charge in [0.2, 0.25) is 0 Å². The molecule has 0 unspecified atom stereocenters. The van der Waals surface area contributed by atoms with E-state index < -0.39 is 0 Å². The Hall–Kier alpha value is -1.81. The Kier molecular flexibility index (Phi) is 3.41. The van der Waals surface area contributed by atoms with Crippen LogP contribution >= 0.6 is 15.9 Å². The topological polar surface area (TPSA) is 27.1 Å². The number of aromatic nitrogens is 2. The van der Waals surface area contributed by atoms with Gasteiger partial charge in [-0.3, -0.25) is 4.68 Å². The Labute approximate surface area is 138 Å². The van der Waals surface area contributed by atoms with Crippen LogP contribution in [0.4, 0.5) is 0 Å². The second-order valence-electron chi connectivity index (χ2n) is 5.80. The van der Waals surface area contributed by atoms with Gasteiger partial charge in [0.1, 0.15) is 5.75 Å². The van der Waals surface area contributed by atoms with Gasteiger partial charge in [0.05, 0.1) is 24.9 Å². The van der Waals surface area contributed by atoms with Crippen molar-refractivity contribution in [1.82, 2.24) is 9.78 Å². The molecule has 4 rings (SSSR count). The van der Waals surface area contributed by atoms with Gasteiger partial charge in [0, 0.05) is 15.8 Å². The smallest absolute Gasteiger partial charge is 0.118 e. The van der Waals surface area contributed by atoms with Crippen molar-refractivity contribution in [1.29, 1.82) is 0 Å². The molecular weight excluding hydrogens is 340 g/mol. The van der Waals surface area contributed by atoms with E-state index in [0.29, 0.717) is 5.92 Å². The van der Waals surface area contributed by atoms with Crippen LogP contribution in [0.25, 0.3) is 10.9 Å². The molecule has 2 aromatic carbocycles. The third kappa shape index (κ3) is 2.41. The van der Waals surface area contributed by atoms with Crippen molar-refractivity contribution in [3.8, 4) is 5.75 Å². The van der Waals surface area contributed by atoms with Crippen LogP contribution < -0.4 is 4.74 Å². The predicted molar refractivity (Wildman–Crippen MR) is 91.5 cm³/mol. The number of methoxy groups -OCH3 is 1. The van der Waals surface area contributed by atoms with E-state index >= 15 is 0 Å². The lowest BCUT2D eigenvalue weighted by atomic mass is 10.1. The SMILES string of the molecule is COc1ccc(Cn2nc(C3CC3)c3c(Br)cccc32)cc1. The van der Waals surface area contributed by atoms with E-state index in [0.717, 1.165) is 16.8 Å². The summed E-state index contributed by atoms with van der Waals surface area (Å²) in [6.45, 7) is 0.781. The van der Waals surface area contributed by atoms with Gasteiger partial charge in [0.25, 0.3) is 0 Å². The van der Waals surface area contributed by atoms with Crippen LogP contribution in [0.5, 0.6) is 5.75 Å². The maximum atomic E-state index is 5.22. The summed E-state index contributed by atoms with van der Waals surface area (Å²) in [7, 11) is 1.69. The molecular formula is C18H17BrN2O. The predicted octanol–water partition coefficient (Wildman–Crippen LogP) is 4.73. The first-order valence-corrected chi connectivity index (χ1v) is 8.33. The summed E-state index contributed by atoms with van der Waals surface area (Å²) >= 11 is 3.69. The molecule has 1 heterocycles. The van der Waals surface area contributed by atoms with Gasteiger partial charge in [-0.05, 0) is 42.7 Å². The van der Waals surface area contributed by atoms with E-state index in [4.69, 9.17) is 9.84 Å². The molecule has 0 saturated heterocycles. The minimum Gasteiger partial charge on any atom is -0.497 e. The molecule has 1 aliphatic carbocycles. The number of rotatable bonds is 4. The summed E-state index contributed by atoms with van der Waals surface area (Å²) in [4.78, 5) is 0. The fourth-order valence-corrected chi connectivity index (χ4v) is 3.44. The van der Waals surface area contributed by atoms with E-state index in [9.17, 15) is 0 Å². The number of nitrogens with zero attached hydrogens (tertiary/aromatic N) is 2. The zero-order chi connectivity index (χ0) is 15.1. The molecule has 1 aliphatic rings. The van der Waals surface area contributed by atoms with E-state index in [1.54, 1.807) is 7.11 Å². The van der Waals surface area contributed by atoms with Gasteiger partial charge in [-0.15, -0.1) is 0 Å². The third-order valence-electron chi connectivity index (χ3n) is 4.21. The molecule has 3 aromatic rings. The highest BCUT2D eigenvalue weighted by atomic mass is 79.9. The maximum absolute atomic E-state index is 5.22. The van der Waals surface area contributed by atoms with Gasteiger partial charge in [-0.2, -0.15) is 5.10 Å². The molecule has 0 aliphatic heterocycles. The summed E-state index contributed by atoms with van der Waals surface area (Å²) in [6.07, 6.45) is 2.52. The zero-order valence-corrected chi connectivity index (χ0v) is 14.0. The Balaban J connectivity index is 1.76. The molecule has 0 bridgehead atoms. The van der Waals surface area contributed by atoms with Crippen molar-refractivity contribution in [3.05, 3.63) is 58.2 Å². The van der Waals surface area contributed by atoms with Gasteiger partial charge >= 0.3 is 0 Å². The monoisotopic (exact) mass is 356 g/mol. The Morgan fingerprint density at radius 1 is 1.18 bits per heavy atom. The summed E-state index contributed by atoms with van der Waals surface area (Å²) in [5, 5.41) is 6.18. The number of fused-ring (bicyclic) bond motifs is 1. The molecule has 0 N–H and O–H groups in total. The summed E-state index contributed by atoms with van der Waals surface area (Å²) in [5.41, 5.74) is 3.68. The lowest BCUT2D eigenvalue weighted by Gasteiger charge is -2.05. The molecule has 0 spiro atoms. The molecule has 0 amide bonds. The number of hydrogen-bond acceptors (Lipinski definition) is 2. The Bertz CT molecular complexity index is 819. The average Bonchev–Trinajstić information content (AvgIpc) is 3.32. The summed E-state index contributed by atoms with van der Waals surface area (Å²) < 4.78 is 8.49. The highest BCUT2D eigenvalue weighted by molar-refractivity contribution is 9.10. The molecule has 112 valence electrons. The van der Waals surface area contributed by atoms with Gasteiger partial charge in [-0.1, -0.05) is 34.1 Å².